The standard InChI is InChI=1S/C18H22N2O4/c1-2-6-14(18(22)23)11-19-16(21)9-10-17-20-12-15(24-17)13-7-4-3-5-8-13/h3-5,7-8,12,14H,2,6,9-11H2,1H3,(H,19,21)(H,22,23). The molecule has 0 bridgehead atoms. The summed E-state index contributed by atoms with van der Waals surface area (Å²) < 4.78 is 5.64. The molecule has 0 aliphatic heterocycles. The Morgan fingerprint density at radius 1 is 1.29 bits per heavy atom. The molecular weight excluding hydrogens is 308 g/mol. The summed E-state index contributed by atoms with van der Waals surface area (Å²) in [5.41, 5.74) is 0.935. The molecule has 24 heavy (non-hydrogen) atoms. The quantitative estimate of drug-likeness (QED) is 0.737. The van der Waals surface area contributed by atoms with Crippen molar-refractivity contribution in [1.82, 2.24) is 10.3 Å². The summed E-state index contributed by atoms with van der Waals surface area (Å²) in [6, 6.07) is 9.61. The van der Waals surface area contributed by atoms with E-state index in [0.717, 1.165) is 12.0 Å². The molecule has 6 nitrogen and oxygen atoms in total. The maximum atomic E-state index is 11.9. The number of carbonyl (C=O) groups excluding carboxylic acids is 1. The van der Waals surface area contributed by atoms with Crippen LogP contribution in [0.25, 0.3) is 11.3 Å². The number of nitrogens with one attached hydrogen (secondary N) is 1. The summed E-state index contributed by atoms with van der Waals surface area (Å²) in [5.74, 6) is -0.452. The minimum atomic E-state index is -0.877. The Kier molecular flexibility index (Phi) is 6.54. The molecule has 0 fully saturated rings. The fraction of sp³-hybridized carbons (Fsp3) is 0.389. The van der Waals surface area contributed by atoms with Gasteiger partial charge in [-0.2, -0.15) is 0 Å². The fourth-order valence-electron chi connectivity index (χ4n) is 2.37. The van der Waals surface area contributed by atoms with Crippen molar-refractivity contribution in [2.24, 2.45) is 5.92 Å². The van der Waals surface area contributed by atoms with Crippen LogP contribution >= 0.6 is 0 Å². The number of aryl methyl sites for hydroxylation is 1. The summed E-state index contributed by atoms with van der Waals surface area (Å²) in [6.45, 7) is 2.08. The van der Waals surface area contributed by atoms with E-state index in [9.17, 15) is 9.59 Å². The molecule has 1 aromatic carbocycles. The summed E-state index contributed by atoms with van der Waals surface area (Å²) in [5, 5.41) is 11.7. The van der Waals surface area contributed by atoms with E-state index in [4.69, 9.17) is 9.52 Å². The van der Waals surface area contributed by atoms with Gasteiger partial charge in [-0.1, -0.05) is 43.7 Å². The average molecular weight is 330 g/mol. The summed E-state index contributed by atoms with van der Waals surface area (Å²) in [4.78, 5) is 27.1. The number of nitrogens with zero attached hydrogens (tertiary/aromatic N) is 1. The lowest BCUT2D eigenvalue weighted by Crippen LogP contribution is -2.33. The van der Waals surface area contributed by atoms with Crippen molar-refractivity contribution in [3.63, 3.8) is 0 Å². The second kappa shape index (κ2) is 8.86. The summed E-state index contributed by atoms with van der Waals surface area (Å²) in [6.07, 6.45) is 3.56. The first kappa shape index (κ1) is 17.7. The third-order valence-corrected chi connectivity index (χ3v) is 3.71. The summed E-state index contributed by atoms with van der Waals surface area (Å²) >= 11 is 0. The Morgan fingerprint density at radius 2 is 2.04 bits per heavy atom. The fourth-order valence-corrected chi connectivity index (χ4v) is 2.37. The van der Waals surface area contributed by atoms with Gasteiger partial charge in [0, 0.05) is 24.9 Å². The lowest BCUT2D eigenvalue weighted by atomic mass is 10.0. The van der Waals surface area contributed by atoms with Gasteiger partial charge in [0.05, 0.1) is 12.1 Å². The average Bonchev–Trinajstić information content (AvgIpc) is 3.06. The minimum Gasteiger partial charge on any atom is -0.481 e. The molecule has 2 aromatic rings. The lowest BCUT2D eigenvalue weighted by molar-refractivity contribution is -0.141. The van der Waals surface area contributed by atoms with Gasteiger partial charge < -0.3 is 14.8 Å². The number of carboxylic acid groups (broad SMARTS) is 1. The van der Waals surface area contributed by atoms with Gasteiger partial charge in [-0.15, -0.1) is 0 Å². The number of aromatic nitrogens is 1. The first-order chi connectivity index (χ1) is 11.6. The Labute approximate surface area is 140 Å². The van der Waals surface area contributed by atoms with Crippen LogP contribution < -0.4 is 5.32 Å². The molecule has 1 unspecified atom stereocenters. The number of benzene rings is 1. The molecule has 0 radical (unpaired) electrons. The molecule has 0 aliphatic carbocycles. The molecule has 6 heteroatoms. The second-order valence-corrected chi connectivity index (χ2v) is 5.61. The molecule has 0 spiro atoms. The number of aliphatic carboxylic acids is 1. The number of oxazole rings is 1. The van der Waals surface area contributed by atoms with E-state index in [2.05, 4.69) is 10.3 Å². The van der Waals surface area contributed by atoms with Gasteiger partial charge in [0.2, 0.25) is 5.91 Å². The number of hydrogen-bond donors (Lipinski definition) is 2. The largest absolute Gasteiger partial charge is 0.481 e. The minimum absolute atomic E-state index is 0.156. The Morgan fingerprint density at radius 3 is 2.71 bits per heavy atom. The van der Waals surface area contributed by atoms with Crippen molar-refractivity contribution in [3.05, 3.63) is 42.4 Å². The number of hydrogen-bond acceptors (Lipinski definition) is 4. The molecule has 2 rings (SSSR count). The first-order valence-corrected chi connectivity index (χ1v) is 8.09. The van der Waals surface area contributed by atoms with Crippen LogP contribution in [0.2, 0.25) is 0 Å². The molecule has 0 saturated heterocycles. The van der Waals surface area contributed by atoms with E-state index >= 15 is 0 Å². The zero-order valence-corrected chi connectivity index (χ0v) is 13.7. The monoisotopic (exact) mass is 330 g/mol. The van der Waals surface area contributed by atoms with Gasteiger partial charge in [-0.25, -0.2) is 4.98 Å². The van der Waals surface area contributed by atoms with E-state index in [-0.39, 0.29) is 18.9 Å². The van der Waals surface area contributed by atoms with E-state index in [1.807, 2.05) is 37.3 Å². The maximum Gasteiger partial charge on any atom is 0.308 e. The summed E-state index contributed by atoms with van der Waals surface area (Å²) in [7, 11) is 0. The predicted octanol–water partition coefficient (Wildman–Crippen LogP) is 2.89. The molecule has 1 atom stereocenters. The van der Waals surface area contributed by atoms with Crippen molar-refractivity contribution in [2.75, 3.05) is 6.54 Å². The normalized spacial score (nSPS) is 11.9. The predicted molar refractivity (Wildman–Crippen MR) is 89.3 cm³/mol. The van der Waals surface area contributed by atoms with Crippen LogP contribution in [-0.4, -0.2) is 28.5 Å². The molecule has 0 saturated carbocycles. The van der Waals surface area contributed by atoms with E-state index in [1.54, 1.807) is 6.20 Å². The highest BCUT2D eigenvalue weighted by Gasteiger charge is 2.17. The highest BCUT2D eigenvalue weighted by molar-refractivity contribution is 5.77. The Hall–Kier alpha value is -2.63. The lowest BCUT2D eigenvalue weighted by Gasteiger charge is -2.11. The molecule has 0 aliphatic rings. The van der Waals surface area contributed by atoms with Crippen LogP contribution in [-0.2, 0) is 16.0 Å². The van der Waals surface area contributed by atoms with Crippen LogP contribution in [0.1, 0.15) is 32.1 Å². The third-order valence-electron chi connectivity index (χ3n) is 3.71. The highest BCUT2D eigenvalue weighted by Crippen LogP contribution is 2.20. The molecule has 128 valence electrons. The number of carbonyl (C=O) groups is 2. The highest BCUT2D eigenvalue weighted by atomic mass is 16.4. The van der Waals surface area contributed by atoms with Crippen LogP contribution in [0.15, 0.2) is 40.9 Å². The molecule has 2 N–H and O–H groups in total. The van der Waals surface area contributed by atoms with Crippen LogP contribution in [0.4, 0.5) is 0 Å². The smallest absolute Gasteiger partial charge is 0.308 e. The van der Waals surface area contributed by atoms with E-state index in [0.29, 0.717) is 24.5 Å². The molecule has 1 aromatic heterocycles. The zero-order valence-electron chi connectivity index (χ0n) is 13.7. The van der Waals surface area contributed by atoms with Gasteiger partial charge in [0.1, 0.15) is 0 Å². The number of carboxylic acids is 1. The SMILES string of the molecule is CCCC(CNC(=O)CCc1ncc(-c2ccccc2)o1)C(=O)O. The Balaban J connectivity index is 1.80. The number of amides is 1. The van der Waals surface area contributed by atoms with Crippen LogP contribution in [0.5, 0.6) is 0 Å². The van der Waals surface area contributed by atoms with Gasteiger partial charge in [0.25, 0.3) is 0 Å². The third kappa shape index (κ3) is 5.22. The van der Waals surface area contributed by atoms with Crippen LogP contribution in [0.3, 0.4) is 0 Å². The molecule has 1 amide bonds. The van der Waals surface area contributed by atoms with Gasteiger partial charge in [0.15, 0.2) is 11.7 Å². The van der Waals surface area contributed by atoms with Gasteiger partial charge >= 0.3 is 5.97 Å². The van der Waals surface area contributed by atoms with Crippen molar-refractivity contribution < 1.29 is 19.1 Å². The van der Waals surface area contributed by atoms with Gasteiger partial charge in [-0.05, 0) is 6.42 Å². The zero-order chi connectivity index (χ0) is 17.4. The first-order valence-electron chi connectivity index (χ1n) is 8.09. The Bertz CT molecular complexity index is 667. The second-order valence-electron chi connectivity index (χ2n) is 5.61. The number of rotatable bonds is 9. The van der Waals surface area contributed by atoms with Crippen molar-refractivity contribution >= 4 is 11.9 Å². The maximum absolute atomic E-state index is 11.9. The van der Waals surface area contributed by atoms with E-state index < -0.39 is 11.9 Å². The van der Waals surface area contributed by atoms with Crippen molar-refractivity contribution in [2.45, 2.75) is 32.6 Å². The van der Waals surface area contributed by atoms with E-state index in [1.165, 1.54) is 0 Å². The van der Waals surface area contributed by atoms with Crippen molar-refractivity contribution in [3.8, 4) is 11.3 Å². The molecule has 1 heterocycles. The van der Waals surface area contributed by atoms with Crippen molar-refractivity contribution in [1.29, 1.82) is 0 Å². The molecular formula is C18H22N2O4. The topological polar surface area (TPSA) is 92.4 Å². The van der Waals surface area contributed by atoms with Gasteiger partial charge in [-0.3, -0.25) is 9.59 Å². The van der Waals surface area contributed by atoms with Crippen LogP contribution in [0, 0.1) is 5.92 Å².